The fourth-order valence-electron chi connectivity index (χ4n) is 4.89. The number of fused-ring (bicyclic) bond motifs is 2. The van der Waals surface area contributed by atoms with Gasteiger partial charge in [0, 0.05) is 60.5 Å². The van der Waals surface area contributed by atoms with Gasteiger partial charge in [-0.1, -0.05) is 0 Å². The summed E-state index contributed by atoms with van der Waals surface area (Å²) >= 11 is 0. The van der Waals surface area contributed by atoms with Gasteiger partial charge in [0.15, 0.2) is 5.65 Å². The van der Waals surface area contributed by atoms with Crippen molar-refractivity contribution in [2.75, 3.05) is 64.1 Å². The summed E-state index contributed by atoms with van der Waals surface area (Å²) in [4.78, 5) is 35.7. The van der Waals surface area contributed by atoms with Gasteiger partial charge in [0.05, 0.1) is 53.4 Å². The molecule has 1 saturated heterocycles. The topological polar surface area (TPSA) is 122 Å². The number of pyridine rings is 3. The quantitative estimate of drug-likeness (QED) is 0.319. The molecular formula is C27H30N10O. The number of aromatic nitrogens is 6. The molecule has 0 aromatic carbocycles. The molecule has 1 amide bonds. The Bertz CT molecular complexity index is 1610. The number of hydrogen-bond acceptors (Lipinski definition) is 8. The van der Waals surface area contributed by atoms with Crippen LogP contribution in [0.15, 0.2) is 49.2 Å². The van der Waals surface area contributed by atoms with Crippen LogP contribution in [0.25, 0.3) is 44.5 Å². The maximum absolute atomic E-state index is 12.2. The van der Waals surface area contributed by atoms with E-state index in [-0.39, 0.29) is 5.91 Å². The van der Waals surface area contributed by atoms with Crippen molar-refractivity contribution in [1.82, 2.24) is 39.9 Å². The molecule has 38 heavy (non-hydrogen) atoms. The third-order valence-corrected chi connectivity index (χ3v) is 6.86. The van der Waals surface area contributed by atoms with Gasteiger partial charge in [-0.25, -0.2) is 4.98 Å². The molecule has 0 atom stereocenters. The molecule has 0 spiro atoms. The van der Waals surface area contributed by atoms with Gasteiger partial charge >= 0.3 is 0 Å². The molecule has 5 aromatic heterocycles. The summed E-state index contributed by atoms with van der Waals surface area (Å²) in [5.41, 5.74) is 6.91. The fourth-order valence-corrected chi connectivity index (χ4v) is 4.89. The van der Waals surface area contributed by atoms with Gasteiger partial charge in [-0.05, 0) is 39.3 Å². The number of aromatic amines is 2. The average Bonchev–Trinajstić information content (AvgIpc) is 3.52. The molecule has 0 unspecified atom stereocenters. The van der Waals surface area contributed by atoms with Crippen molar-refractivity contribution in [3.8, 4) is 22.5 Å². The Hall–Kier alpha value is -4.35. The van der Waals surface area contributed by atoms with Crippen LogP contribution in [0.3, 0.4) is 0 Å². The maximum Gasteiger partial charge on any atom is 0.238 e. The number of anilines is 2. The molecule has 6 rings (SSSR count). The lowest BCUT2D eigenvalue weighted by molar-refractivity contribution is -0.116. The smallest absolute Gasteiger partial charge is 0.238 e. The highest BCUT2D eigenvalue weighted by atomic mass is 16.2. The molecule has 6 heterocycles. The number of rotatable bonds is 6. The summed E-state index contributed by atoms with van der Waals surface area (Å²) in [5.74, 6) is -0.0936. The predicted octanol–water partition coefficient (Wildman–Crippen LogP) is 2.82. The van der Waals surface area contributed by atoms with E-state index in [1.54, 1.807) is 18.6 Å². The Labute approximate surface area is 219 Å². The van der Waals surface area contributed by atoms with Crippen LogP contribution in [0.1, 0.15) is 0 Å². The first-order chi connectivity index (χ1) is 18.4. The molecule has 0 saturated carbocycles. The number of piperazine rings is 1. The Kier molecular flexibility index (Phi) is 6.22. The van der Waals surface area contributed by atoms with E-state index in [1.165, 1.54) is 0 Å². The van der Waals surface area contributed by atoms with E-state index < -0.39 is 0 Å². The van der Waals surface area contributed by atoms with Crippen LogP contribution in [0.4, 0.5) is 11.4 Å². The molecule has 5 aromatic rings. The van der Waals surface area contributed by atoms with E-state index in [2.05, 4.69) is 64.4 Å². The Balaban J connectivity index is 1.34. The zero-order valence-corrected chi connectivity index (χ0v) is 21.7. The predicted molar refractivity (Wildman–Crippen MR) is 149 cm³/mol. The summed E-state index contributed by atoms with van der Waals surface area (Å²) in [6.45, 7) is 4.31. The Morgan fingerprint density at radius 2 is 1.76 bits per heavy atom. The molecule has 11 heteroatoms. The summed E-state index contributed by atoms with van der Waals surface area (Å²) in [7, 11) is 5.87. The van der Waals surface area contributed by atoms with Gasteiger partial charge in [0.1, 0.15) is 0 Å². The molecule has 1 aliphatic heterocycles. The lowest BCUT2D eigenvalue weighted by Gasteiger charge is -2.34. The lowest BCUT2D eigenvalue weighted by atomic mass is 10.1. The number of carbonyl (C=O) groups is 1. The van der Waals surface area contributed by atoms with Crippen LogP contribution in [0.5, 0.6) is 0 Å². The van der Waals surface area contributed by atoms with Gasteiger partial charge < -0.3 is 25.0 Å². The van der Waals surface area contributed by atoms with E-state index >= 15 is 0 Å². The summed E-state index contributed by atoms with van der Waals surface area (Å²) < 4.78 is 0. The largest absolute Gasteiger partial charge is 0.367 e. The number of hydrogen-bond donors (Lipinski definition) is 3. The third kappa shape index (κ3) is 4.69. The van der Waals surface area contributed by atoms with Gasteiger partial charge in [0.25, 0.3) is 0 Å². The van der Waals surface area contributed by atoms with Crippen LogP contribution in [0, 0.1) is 0 Å². The molecule has 0 bridgehead atoms. The minimum absolute atomic E-state index is 0.0936. The highest BCUT2D eigenvalue weighted by Gasteiger charge is 2.19. The second kappa shape index (κ2) is 9.84. The SMILES string of the molecule is CN(C)CC(=O)Nc1cncc(-c2cnc3n[nH]c(-c4cc5c(N6CCN(C)CC6)cncc5[nH]4)c3c2)c1. The zero-order chi connectivity index (χ0) is 26.2. The molecular weight excluding hydrogens is 480 g/mol. The van der Waals surface area contributed by atoms with E-state index in [0.717, 1.165) is 70.7 Å². The average molecular weight is 511 g/mol. The number of H-pyrrole nitrogens is 2. The minimum Gasteiger partial charge on any atom is -0.367 e. The zero-order valence-electron chi connectivity index (χ0n) is 21.7. The van der Waals surface area contributed by atoms with Crippen molar-refractivity contribution in [2.45, 2.75) is 0 Å². The van der Waals surface area contributed by atoms with Crippen molar-refractivity contribution < 1.29 is 4.79 Å². The number of nitrogens with one attached hydrogen (secondary N) is 3. The van der Waals surface area contributed by atoms with Crippen molar-refractivity contribution in [3.63, 3.8) is 0 Å². The number of amides is 1. The molecule has 3 N–H and O–H groups in total. The molecule has 0 radical (unpaired) electrons. The summed E-state index contributed by atoms with van der Waals surface area (Å²) in [6, 6.07) is 6.11. The van der Waals surface area contributed by atoms with Crippen LogP contribution < -0.4 is 10.2 Å². The van der Waals surface area contributed by atoms with E-state index in [0.29, 0.717) is 17.9 Å². The highest BCUT2D eigenvalue weighted by Crippen LogP contribution is 2.34. The van der Waals surface area contributed by atoms with Crippen LogP contribution in [-0.4, -0.2) is 99.7 Å². The van der Waals surface area contributed by atoms with Gasteiger partial charge in [-0.3, -0.25) is 19.9 Å². The van der Waals surface area contributed by atoms with Crippen molar-refractivity contribution in [3.05, 3.63) is 49.2 Å². The van der Waals surface area contributed by atoms with E-state index in [9.17, 15) is 4.79 Å². The third-order valence-electron chi connectivity index (χ3n) is 6.86. The monoisotopic (exact) mass is 510 g/mol. The second-order valence-electron chi connectivity index (χ2n) is 10.0. The van der Waals surface area contributed by atoms with Gasteiger partial charge in [0.2, 0.25) is 5.91 Å². The first kappa shape index (κ1) is 24.0. The molecule has 0 aliphatic carbocycles. The normalized spacial score (nSPS) is 14.6. The van der Waals surface area contributed by atoms with Gasteiger partial charge in [-0.2, -0.15) is 5.10 Å². The van der Waals surface area contributed by atoms with Crippen LogP contribution >= 0.6 is 0 Å². The lowest BCUT2D eigenvalue weighted by Crippen LogP contribution is -2.44. The first-order valence-electron chi connectivity index (χ1n) is 12.6. The standard InChI is InChI=1S/C27H30N10O/c1-35(2)16-25(38)31-19-8-17(11-28-13-19)18-9-21-26(33-34-27(21)30-12-18)22-10-20-23(32-22)14-29-15-24(20)37-6-4-36(3)5-7-37/h8-15,32H,4-7,16H2,1-3H3,(H,31,38)(H,30,33,34). The van der Waals surface area contributed by atoms with Crippen molar-refractivity contribution in [2.24, 2.45) is 0 Å². The van der Waals surface area contributed by atoms with Crippen molar-refractivity contribution >= 4 is 39.2 Å². The van der Waals surface area contributed by atoms with E-state index in [4.69, 9.17) is 0 Å². The van der Waals surface area contributed by atoms with Gasteiger partial charge in [-0.15, -0.1) is 0 Å². The second-order valence-corrected chi connectivity index (χ2v) is 10.0. The van der Waals surface area contributed by atoms with Crippen molar-refractivity contribution in [1.29, 1.82) is 0 Å². The minimum atomic E-state index is -0.0936. The Morgan fingerprint density at radius 1 is 0.974 bits per heavy atom. The summed E-state index contributed by atoms with van der Waals surface area (Å²) in [6.07, 6.45) is 9.00. The molecule has 1 fully saturated rings. The number of carbonyl (C=O) groups excluding carboxylic acids is 1. The molecule has 1 aliphatic rings. The molecule has 11 nitrogen and oxygen atoms in total. The number of nitrogens with zero attached hydrogens (tertiary/aromatic N) is 7. The maximum atomic E-state index is 12.2. The summed E-state index contributed by atoms with van der Waals surface area (Å²) in [5, 5.41) is 12.5. The molecule has 194 valence electrons. The van der Waals surface area contributed by atoms with E-state index in [1.807, 2.05) is 37.5 Å². The Morgan fingerprint density at radius 3 is 2.58 bits per heavy atom. The van der Waals surface area contributed by atoms with Crippen LogP contribution in [-0.2, 0) is 4.79 Å². The number of likely N-dealkylation sites (N-methyl/N-ethyl adjacent to an activating group) is 2. The van der Waals surface area contributed by atoms with Crippen LogP contribution in [0.2, 0.25) is 0 Å². The fraction of sp³-hybridized carbons (Fsp3) is 0.296. The highest BCUT2D eigenvalue weighted by molar-refractivity contribution is 5.99. The first-order valence-corrected chi connectivity index (χ1v) is 12.6.